The van der Waals surface area contributed by atoms with Gasteiger partial charge >= 0.3 is 0 Å². The van der Waals surface area contributed by atoms with Gasteiger partial charge in [0, 0.05) is 12.5 Å². The second-order valence-corrected chi connectivity index (χ2v) is 4.38. The first-order valence-corrected chi connectivity index (χ1v) is 5.03. The normalized spacial score (nSPS) is 29.2. The van der Waals surface area contributed by atoms with E-state index in [0.717, 1.165) is 38.1 Å². The van der Waals surface area contributed by atoms with Crippen LogP contribution in [0.25, 0.3) is 0 Å². The van der Waals surface area contributed by atoms with Gasteiger partial charge in [-0.1, -0.05) is 0 Å². The van der Waals surface area contributed by atoms with Crippen molar-refractivity contribution in [2.75, 3.05) is 20.6 Å². The van der Waals surface area contributed by atoms with E-state index in [2.05, 4.69) is 19.0 Å². The molecule has 0 atom stereocenters. The topological polar surface area (TPSA) is 46.3 Å². The third-order valence-corrected chi connectivity index (χ3v) is 2.87. The van der Waals surface area contributed by atoms with E-state index in [4.69, 9.17) is 5.73 Å². The largest absolute Gasteiger partial charge is 0.369 e. The van der Waals surface area contributed by atoms with E-state index >= 15 is 0 Å². The van der Waals surface area contributed by atoms with Gasteiger partial charge in [-0.3, -0.25) is 4.79 Å². The van der Waals surface area contributed by atoms with E-state index in [-0.39, 0.29) is 11.8 Å². The van der Waals surface area contributed by atoms with Crippen molar-refractivity contribution in [1.29, 1.82) is 0 Å². The zero-order valence-corrected chi connectivity index (χ0v) is 8.62. The van der Waals surface area contributed by atoms with Crippen LogP contribution in [0.5, 0.6) is 0 Å². The van der Waals surface area contributed by atoms with Gasteiger partial charge in [0.2, 0.25) is 5.91 Å². The highest BCUT2D eigenvalue weighted by Gasteiger charge is 2.24. The van der Waals surface area contributed by atoms with Crippen molar-refractivity contribution in [1.82, 2.24) is 4.90 Å². The highest BCUT2D eigenvalue weighted by atomic mass is 16.1. The lowest BCUT2D eigenvalue weighted by Crippen LogP contribution is -2.31. The van der Waals surface area contributed by atoms with Crippen molar-refractivity contribution in [3.63, 3.8) is 0 Å². The second kappa shape index (κ2) is 4.61. The molecule has 0 aromatic heterocycles. The van der Waals surface area contributed by atoms with Gasteiger partial charge in [-0.2, -0.15) is 0 Å². The van der Waals surface area contributed by atoms with Crippen molar-refractivity contribution in [2.24, 2.45) is 17.6 Å². The molecule has 1 fully saturated rings. The Kier molecular flexibility index (Phi) is 3.72. The quantitative estimate of drug-likeness (QED) is 0.706. The molecular weight excluding hydrogens is 164 g/mol. The third kappa shape index (κ3) is 3.35. The molecule has 0 aromatic rings. The minimum absolute atomic E-state index is 0.108. The van der Waals surface area contributed by atoms with E-state index < -0.39 is 0 Å². The van der Waals surface area contributed by atoms with Crippen LogP contribution in [0.2, 0.25) is 0 Å². The maximum atomic E-state index is 10.9. The van der Waals surface area contributed by atoms with Crippen molar-refractivity contribution in [3.8, 4) is 0 Å². The summed E-state index contributed by atoms with van der Waals surface area (Å²) in [6.07, 6.45) is 4.30. The van der Waals surface area contributed by atoms with Gasteiger partial charge in [-0.15, -0.1) is 0 Å². The lowest BCUT2D eigenvalue weighted by molar-refractivity contribution is -0.123. The lowest BCUT2D eigenvalue weighted by Gasteiger charge is -2.28. The van der Waals surface area contributed by atoms with Crippen LogP contribution in [-0.2, 0) is 4.79 Å². The van der Waals surface area contributed by atoms with Crippen molar-refractivity contribution in [3.05, 3.63) is 0 Å². The van der Waals surface area contributed by atoms with Gasteiger partial charge in [0.05, 0.1) is 0 Å². The predicted octanol–water partition coefficient (Wildman–Crippen LogP) is 0.840. The SMILES string of the molecule is CN(C)CC1CCC(C(N)=O)CC1. The molecule has 0 bridgehead atoms. The molecule has 1 rings (SSSR count). The van der Waals surface area contributed by atoms with Gasteiger partial charge in [-0.25, -0.2) is 0 Å². The van der Waals surface area contributed by atoms with Gasteiger partial charge < -0.3 is 10.6 Å². The Morgan fingerprint density at radius 3 is 2.23 bits per heavy atom. The number of carbonyl (C=O) groups excluding carboxylic acids is 1. The molecule has 0 heterocycles. The number of nitrogens with two attached hydrogens (primary N) is 1. The van der Waals surface area contributed by atoms with Crippen LogP contribution in [0.3, 0.4) is 0 Å². The molecule has 2 N–H and O–H groups in total. The molecule has 13 heavy (non-hydrogen) atoms. The molecule has 0 radical (unpaired) electrons. The van der Waals surface area contributed by atoms with Crippen LogP contribution >= 0.6 is 0 Å². The minimum Gasteiger partial charge on any atom is -0.369 e. The monoisotopic (exact) mass is 184 g/mol. The molecule has 1 aliphatic rings. The number of amides is 1. The Morgan fingerprint density at radius 2 is 1.85 bits per heavy atom. The zero-order valence-electron chi connectivity index (χ0n) is 8.62. The zero-order chi connectivity index (χ0) is 9.84. The van der Waals surface area contributed by atoms with Gasteiger partial charge in [-0.05, 0) is 45.7 Å². The highest BCUT2D eigenvalue weighted by molar-refractivity contribution is 5.76. The Balaban J connectivity index is 2.26. The fourth-order valence-corrected chi connectivity index (χ4v) is 2.15. The molecule has 0 spiro atoms. The summed E-state index contributed by atoms with van der Waals surface area (Å²) >= 11 is 0. The molecule has 3 heteroatoms. The van der Waals surface area contributed by atoms with E-state index in [9.17, 15) is 4.79 Å². The molecule has 0 saturated heterocycles. The Hall–Kier alpha value is -0.570. The number of rotatable bonds is 3. The first kappa shape index (κ1) is 10.5. The molecule has 1 aliphatic carbocycles. The molecule has 3 nitrogen and oxygen atoms in total. The van der Waals surface area contributed by atoms with Crippen molar-refractivity contribution >= 4 is 5.91 Å². The van der Waals surface area contributed by atoms with Crippen LogP contribution in [0, 0.1) is 11.8 Å². The maximum Gasteiger partial charge on any atom is 0.220 e. The summed E-state index contributed by atoms with van der Waals surface area (Å²) in [5.74, 6) is 0.812. The fraction of sp³-hybridized carbons (Fsp3) is 0.900. The van der Waals surface area contributed by atoms with Gasteiger partial charge in [0.15, 0.2) is 0 Å². The van der Waals surface area contributed by atoms with Crippen LogP contribution in [0.1, 0.15) is 25.7 Å². The smallest absolute Gasteiger partial charge is 0.220 e. The van der Waals surface area contributed by atoms with Crippen LogP contribution < -0.4 is 5.73 Å². The Morgan fingerprint density at radius 1 is 1.31 bits per heavy atom. The molecule has 0 unspecified atom stereocenters. The first-order chi connectivity index (χ1) is 6.09. The lowest BCUT2D eigenvalue weighted by atomic mass is 9.81. The molecule has 1 saturated carbocycles. The molecule has 0 aliphatic heterocycles. The average Bonchev–Trinajstić information content (AvgIpc) is 2.04. The molecular formula is C10H20N2O. The summed E-state index contributed by atoms with van der Waals surface area (Å²) in [4.78, 5) is 13.1. The summed E-state index contributed by atoms with van der Waals surface area (Å²) in [5, 5.41) is 0. The summed E-state index contributed by atoms with van der Waals surface area (Å²) in [5.41, 5.74) is 5.26. The Bertz CT molecular complexity index is 172. The Labute approximate surface area is 80.3 Å². The molecule has 76 valence electrons. The van der Waals surface area contributed by atoms with Crippen LogP contribution in [0.4, 0.5) is 0 Å². The first-order valence-electron chi connectivity index (χ1n) is 5.03. The maximum absolute atomic E-state index is 10.9. The van der Waals surface area contributed by atoms with E-state index in [1.807, 2.05) is 0 Å². The second-order valence-electron chi connectivity index (χ2n) is 4.38. The fourth-order valence-electron chi connectivity index (χ4n) is 2.15. The predicted molar refractivity (Wildman–Crippen MR) is 53.2 cm³/mol. The summed E-state index contributed by atoms with van der Waals surface area (Å²) in [6.45, 7) is 1.14. The number of primary amides is 1. The standard InChI is InChI=1S/C10H20N2O/c1-12(2)7-8-3-5-9(6-4-8)10(11)13/h8-9H,3-7H2,1-2H3,(H2,11,13). The van der Waals surface area contributed by atoms with Crippen LogP contribution in [-0.4, -0.2) is 31.4 Å². The number of hydrogen-bond donors (Lipinski definition) is 1. The number of carbonyl (C=O) groups is 1. The summed E-state index contributed by atoms with van der Waals surface area (Å²) in [6, 6.07) is 0. The van der Waals surface area contributed by atoms with Gasteiger partial charge in [0.25, 0.3) is 0 Å². The van der Waals surface area contributed by atoms with Crippen LogP contribution in [0.15, 0.2) is 0 Å². The summed E-state index contributed by atoms with van der Waals surface area (Å²) < 4.78 is 0. The molecule has 0 aromatic carbocycles. The van der Waals surface area contributed by atoms with Gasteiger partial charge in [0.1, 0.15) is 0 Å². The number of hydrogen-bond acceptors (Lipinski definition) is 2. The number of nitrogens with zero attached hydrogens (tertiary/aromatic N) is 1. The molecule has 1 amide bonds. The van der Waals surface area contributed by atoms with Crippen molar-refractivity contribution < 1.29 is 4.79 Å². The van der Waals surface area contributed by atoms with E-state index in [0.29, 0.717) is 0 Å². The van der Waals surface area contributed by atoms with E-state index in [1.165, 1.54) is 0 Å². The minimum atomic E-state index is -0.108. The summed E-state index contributed by atoms with van der Waals surface area (Å²) in [7, 11) is 4.19. The van der Waals surface area contributed by atoms with Crippen molar-refractivity contribution in [2.45, 2.75) is 25.7 Å². The highest BCUT2D eigenvalue weighted by Crippen LogP contribution is 2.28. The average molecular weight is 184 g/mol. The third-order valence-electron chi connectivity index (χ3n) is 2.87. The van der Waals surface area contributed by atoms with E-state index in [1.54, 1.807) is 0 Å².